The first kappa shape index (κ1) is 18.7. The first-order chi connectivity index (χ1) is 13.4. The Morgan fingerprint density at radius 3 is 2.57 bits per heavy atom. The highest BCUT2D eigenvalue weighted by molar-refractivity contribution is 7.90. The summed E-state index contributed by atoms with van der Waals surface area (Å²) < 4.78 is 28.1. The fraction of sp³-hybridized carbons (Fsp3) is 0.333. The molecule has 0 aromatic heterocycles. The number of fused-ring (bicyclic) bond motifs is 1. The van der Waals surface area contributed by atoms with Crippen LogP contribution in [0, 0.1) is 5.92 Å². The number of benzene rings is 2. The van der Waals surface area contributed by atoms with Crippen LogP contribution in [0.5, 0.6) is 0 Å². The van der Waals surface area contributed by atoms with Gasteiger partial charge in [0.2, 0.25) is 0 Å². The van der Waals surface area contributed by atoms with Crippen molar-refractivity contribution in [1.29, 1.82) is 0 Å². The zero-order chi connectivity index (χ0) is 19.7. The topological polar surface area (TPSA) is 87.6 Å². The Labute approximate surface area is 165 Å². The first-order valence-corrected chi connectivity index (χ1v) is 11.0. The van der Waals surface area contributed by atoms with Crippen LogP contribution in [0.2, 0.25) is 0 Å². The van der Waals surface area contributed by atoms with Crippen molar-refractivity contribution < 1.29 is 13.2 Å². The number of amidine groups is 1. The molecule has 2 aromatic rings. The molecule has 1 fully saturated rings. The number of anilines is 1. The molecule has 7 heteroatoms. The summed E-state index contributed by atoms with van der Waals surface area (Å²) in [6.07, 6.45) is 4.44. The standard InChI is InChI=1S/C21H23N3O3S/c1-14-5-4-6-17(13-14)23-21(25)15-9-11-16(12-10-15)22-20-18-7-2-3-8-19(18)28(26,27)24-20/h2-3,7-12,14,17H,4-6,13H2,1H3,(H,22,24)(H,23,25). The van der Waals surface area contributed by atoms with Gasteiger partial charge in [-0.05, 0) is 55.2 Å². The predicted molar refractivity (Wildman–Crippen MR) is 109 cm³/mol. The first-order valence-electron chi connectivity index (χ1n) is 9.55. The normalized spacial score (nSPS) is 22.8. The summed E-state index contributed by atoms with van der Waals surface area (Å²) >= 11 is 0. The molecule has 146 valence electrons. The van der Waals surface area contributed by atoms with E-state index in [2.05, 4.69) is 22.0 Å². The molecule has 1 saturated carbocycles. The number of carbonyl (C=O) groups is 1. The third-order valence-corrected chi connectivity index (χ3v) is 6.65. The maximum absolute atomic E-state index is 12.5. The highest BCUT2D eigenvalue weighted by Gasteiger charge is 2.28. The molecule has 6 nitrogen and oxygen atoms in total. The molecule has 2 aromatic carbocycles. The Kier molecular flexibility index (Phi) is 4.93. The number of rotatable bonds is 3. The van der Waals surface area contributed by atoms with Gasteiger partial charge in [-0.2, -0.15) is 8.42 Å². The Morgan fingerprint density at radius 1 is 1.07 bits per heavy atom. The van der Waals surface area contributed by atoms with E-state index in [0.717, 1.165) is 19.3 Å². The third-order valence-electron chi connectivity index (χ3n) is 5.31. The largest absolute Gasteiger partial charge is 0.349 e. The van der Waals surface area contributed by atoms with Crippen LogP contribution in [-0.4, -0.2) is 26.2 Å². The highest BCUT2D eigenvalue weighted by Crippen LogP contribution is 2.27. The van der Waals surface area contributed by atoms with Crippen LogP contribution in [0.3, 0.4) is 0 Å². The lowest BCUT2D eigenvalue weighted by molar-refractivity contribution is 0.0921. The lowest BCUT2D eigenvalue weighted by atomic mass is 9.87. The lowest BCUT2D eigenvalue weighted by Gasteiger charge is -2.27. The molecule has 28 heavy (non-hydrogen) atoms. The van der Waals surface area contributed by atoms with E-state index < -0.39 is 10.0 Å². The smallest absolute Gasteiger partial charge is 0.285 e. The van der Waals surface area contributed by atoms with Crippen LogP contribution >= 0.6 is 0 Å². The Bertz CT molecular complexity index is 1030. The molecule has 1 heterocycles. The number of hydrogen-bond acceptors (Lipinski definition) is 4. The molecule has 1 amide bonds. The number of nitrogens with one attached hydrogen (secondary N) is 2. The third kappa shape index (κ3) is 3.80. The fourth-order valence-corrected chi connectivity index (χ4v) is 5.05. The summed E-state index contributed by atoms with van der Waals surface area (Å²) in [5.74, 6) is 0.873. The van der Waals surface area contributed by atoms with Gasteiger partial charge in [-0.15, -0.1) is 4.40 Å². The number of amides is 1. The van der Waals surface area contributed by atoms with Crippen LogP contribution in [-0.2, 0) is 10.0 Å². The van der Waals surface area contributed by atoms with Crippen LogP contribution in [0.25, 0.3) is 0 Å². The molecular formula is C21H23N3O3S. The molecule has 0 spiro atoms. The second-order valence-electron chi connectivity index (χ2n) is 7.56. The molecule has 2 aliphatic rings. The van der Waals surface area contributed by atoms with Gasteiger partial charge in [0.05, 0.1) is 0 Å². The van der Waals surface area contributed by atoms with E-state index in [0.29, 0.717) is 28.6 Å². The van der Waals surface area contributed by atoms with Crippen LogP contribution in [0.4, 0.5) is 5.69 Å². The average Bonchev–Trinajstić information content (AvgIpc) is 2.93. The van der Waals surface area contributed by atoms with Gasteiger partial charge in [-0.1, -0.05) is 31.9 Å². The van der Waals surface area contributed by atoms with Crippen LogP contribution in [0.1, 0.15) is 48.5 Å². The van der Waals surface area contributed by atoms with Crippen molar-refractivity contribution in [1.82, 2.24) is 5.32 Å². The van der Waals surface area contributed by atoms with Crippen LogP contribution < -0.4 is 10.6 Å². The van der Waals surface area contributed by atoms with Gasteiger partial charge >= 0.3 is 0 Å². The van der Waals surface area contributed by atoms with Crippen LogP contribution in [0.15, 0.2) is 57.8 Å². The van der Waals surface area contributed by atoms with Crippen molar-refractivity contribution in [2.45, 2.75) is 43.5 Å². The Balaban J connectivity index is 1.45. The van der Waals surface area contributed by atoms with E-state index in [1.165, 1.54) is 6.42 Å². The minimum atomic E-state index is -3.66. The van der Waals surface area contributed by atoms with Crippen molar-refractivity contribution in [3.63, 3.8) is 0 Å². The zero-order valence-corrected chi connectivity index (χ0v) is 16.5. The number of nitrogens with zero attached hydrogens (tertiary/aromatic N) is 1. The summed E-state index contributed by atoms with van der Waals surface area (Å²) in [6.45, 7) is 2.23. The second-order valence-corrected chi connectivity index (χ2v) is 9.13. The highest BCUT2D eigenvalue weighted by atomic mass is 32.2. The van der Waals surface area contributed by atoms with Gasteiger partial charge in [0, 0.05) is 22.9 Å². The van der Waals surface area contributed by atoms with Crippen molar-refractivity contribution in [3.8, 4) is 0 Å². The zero-order valence-electron chi connectivity index (χ0n) is 15.7. The van der Waals surface area contributed by atoms with E-state index in [-0.39, 0.29) is 16.8 Å². The summed E-state index contributed by atoms with van der Waals surface area (Å²) in [5.41, 5.74) is 1.81. The van der Waals surface area contributed by atoms with Crippen molar-refractivity contribution in [2.24, 2.45) is 10.3 Å². The molecule has 1 aliphatic heterocycles. The Hall–Kier alpha value is -2.67. The minimum Gasteiger partial charge on any atom is -0.349 e. The fourth-order valence-electron chi connectivity index (χ4n) is 3.87. The summed E-state index contributed by atoms with van der Waals surface area (Å²) in [4.78, 5) is 12.7. The molecular weight excluding hydrogens is 374 g/mol. The van der Waals surface area contributed by atoms with E-state index >= 15 is 0 Å². The number of sulfonamides is 1. The summed E-state index contributed by atoms with van der Waals surface area (Å²) in [7, 11) is -3.66. The van der Waals surface area contributed by atoms with Gasteiger partial charge in [-0.25, -0.2) is 0 Å². The number of carbonyl (C=O) groups excluding carboxylic acids is 1. The predicted octanol–water partition coefficient (Wildman–Crippen LogP) is 3.56. The molecule has 2 atom stereocenters. The quantitative estimate of drug-likeness (QED) is 0.829. The Morgan fingerprint density at radius 2 is 1.82 bits per heavy atom. The lowest BCUT2D eigenvalue weighted by Crippen LogP contribution is -2.37. The molecule has 0 bridgehead atoms. The van der Waals surface area contributed by atoms with E-state index in [9.17, 15) is 13.2 Å². The van der Waals surface area contributed by atoms with Crippen molar-refractivity contribution in [2.75, 3.05) is 5.32 Å². The molecule has 4 rings (SSSR count). The van der Waals surface area contributed by atoms with Gasteiger partial charge < -0.3 is 10.6 Å². The van der Waals surface area contributed by atoms with E-state index in [1.807, 2.05) is 0 Å². The minimum absolute atomic E-state index is 0.0724. The van der Waals surface area contributed by atoms with Gasteiger partial charge in [-0.3, -0.25) is 4.79 Å². The van der Waals surface area contributed by atoms with E-state index in [1.54, 1.807) is 48.5 Å². The maximum atomic E-state index is 12.5. The van der Waals surface area contributed by atoms with Crippen molar-refractivity contribution >= 4 is 27.5 Å². The molecule has 2 N–H and O–H groups in total. The summed E-state index contributed by atoms with van der Waals surface area (Å²) in [5, 5.41) is 6.16. The molecule has 0 saturated heterocycles. The maximum Gasteiger partial charge on any atom is 0.285 e. The average molecular weight is 398 g/mol. The van der Waals surface area contributed by atoms with Gasteiger partial charge in [0.25, 0.3) is 15.9 Å². The summed E-state index contributed by atoms with van der Waals surface area (Å²) in [6, 6.07) is 13.9. The van der Waals surface area contributed by atoms with E-state index in [4.69, 9.17) is 0 Å². The van der Waals surface area contributed by atoms with Crippen molar-refractivity contribution in [3.05, 3.63) is 59.7 Å². The molecule has 1 aliphatic carbocycles. The molecule has 2 unspecified atom stereocenters. The van der Waals surface area contributed by atoms with Gasteiger partial charge in [0.15, 0.2) is 5.84 Å². The monoisotopic (exact) mass is 397 g/mol. The molecule has 0 radical (unpaired) electrons. The SMILES string of the molecule is CC1CCCC(NC(=O)c2ccc(NC3=NS(=O)(=O)c4ccccc43)cc2)C1. The second kappa shape index (κ2) is 7.39. The number of hydrogen-bond donors (Lipinski definition) is 2. The van der Waals surface area contributed by atoms with Gasteiger partial charge in [0.1, 0.15) is 4.90 Å².